The van der Waals surface area contributed by atoms with Gasteiger partial charge in [-0.15, -0.1) is 0 Å². The molecule has 0 spiro atoms. The van der Waals surface area contributed by atoms with E-state index in [4.69, 9.17) is 9.47 Å². The summed E-state index contributed by atoms with van der Waals surface area (Å²) in [4.78, 5) is 25.7. The van der Waals surface area contributed by atoms with Crippen LogP contribution < -0.4 is 10.1 Å². The van der Waals surface area contributed by atoms with Gasteiger partial charge in [-0.3, -0.25) is 4.79 Å². The number of esters is 1. The number of hydrogen-bond acceptors (Lipinski definition) is 4. The number of carbonyl (C=O) groups excluding carboxylic acids is 2. The van der Waals surface area contributed by atoms with Crippen LogP contribution in [0.3, 0.4) is 0 Å². The van der Waals surface area contributed by atoms with Crippen LogP contribution >= 0.6 is 0 Å². The van der Waals surface area contributed by atoms with Gasteiger partial charge in [0.15, 0.2) is 0 Å². The van der Waals surface area contributed by atoms with Crippen LogP contribution in [-0.4, -0.2) is 23.7 Å². The second kappa shape index (κ2) is 11.7. The van der Waals surface area contributed by atoms with Crippen molar-refractivity contribution in [3.8, 4) is 5.75 Å². The van der Waals surface area contributed by atoms with Gasteiger partial charge in [-0.1, -0.05) is 66.2 Å². The molecule has 0 heterocycles. The van der Waals surface area contributed by atoms with E-state index in [2.05, 4.69) is 33.0 Å². The fraction of sp³-hybridized carbons (Fsp3) is 0.742. The van der Waals surface area contributed by atoms with Crippen LogP contribution in [0, 0.1) is 17.2 Å². The second-order valence-electron chi connectivity index (χ2n) is 13.3. The number of halogens is 1. The summed E-state index contributed by atoms with van der Waals surface area (Å²) in [6.07, 6.45) is 9.63. The number of amides is 1. The Morgan fingerprint density at radius 2 is 1.84 bits per heavy atom. The normalized spacial score (nSPS) is 23.9. The fourth-order valence-electron chi connectivity index (χ4n) is 6.30. The fourth-order valence-corrected chi connectivity index (χ4v) is 6.30. The first-order valence-electron chi connectivity index (χ1n) is 14.3. The van der Waals surface area contributed by atoms with Crippen LogP contribution in [-0.2, 0) is 21.4 Å². The van der Waals surface area contributed by atoms with Gasteiger partial charge in [-0.2, -0.15) is 0 Å². The Hall–Kier alpha value is -2.11. The Balaban J connectivity index is 1.88. The lowest BCUT2D eigenvalue weighted by atomic mass is 9.59. The first-order valence-corrected chi connectivity index (χ1v) is 14.3. The van der Waals surface area contributed by atoms with Gasteiger partial charge >= 0.3 is 12.1 Å². The zero-order valence-electron chi connectivity index (χ0n) is 24.1. The minimum absolute atomic E-state index is 0.122. The van der Waals surface area contributed by atoms with Crippen molar-refractivity contribution in [3.63, 3.8) is 0 Å². The predicted molar refractivity (Wildman–Crippen MR) is 145 cm³/mol. The molecule has 208 valence electrons. The predicted octanol–water partition coefficient (Wildman–Crippen LogP) is 8.02. The van der Waals surface area contributed by atoms with E-state index in [1.54, 1.807) is 0 Å². The minimum Gasteiger partial charge on any atom is -0.444 e. The largest absolute Gasteiger partial charge is 0.444 e. The molecular weight excluding hydrogens is 469 g/mol. The average Bonchev–Trinajstić information content (AvgIpc) is 2.74. The highest BCUT2D eigenvalue weighted by molar-refractivity contribution is 5.73. The van der Waals surface area contributed by atoms with E-state index >= 15 is 4.39 Å². The SMILES string of the molecule is CCCCCC(C)(C)CC(=O)Oc1cc(F)c2c(c1)[C@@]1(C)CCCCCC(C2)[C@@H]1NC(=O)OC(C)(C)C. The highest BCUT2D eigenvalue weighted by Gasteiger charge is 2.48. The maximum absolute atomic E-state index is 15.5. The van der Waals surface area contributed by atoms with Gasteiger partial charge in [0.2, 0.25) is 0 Å². The molecule has 1 aromatic rings. The molecule has 2 bridgehead atoms. The van der Waals surface area contributed by atoms with E-state index in [9.17, 15) is 9.59 Å². The van der Waals surface area contributed by atoms with Crippen LogP contribution in [0.2, 0.25) is 0 Å². The molecule has 5 nitrogen and oxygen atoms in total. The van der Waals surface area contributed by atoms with E-state index in [-0.39, 0.29) is 41.3 Å². The summed E-state index contributed by atoms with van der Waals surface area (Å²) >= 11 is 0. The summed E-state index contributed by atoms with van der Waals surface area (Å²) in [7, 11) is 0. The average molecular weight is 518 g/mol. The summed E-state index contributed by atoms with van der Waals surface area (Å²) in [5.41, 5.74) is 0.281. The standard InChI is InChI=1S/C31H48FNO4/c1-8-9-12-15-30(5,6)20-26(34)36-22-18-24-23(25(32)19-22)17-21-14-11-10-13-16-31(24,7)27(21)33-28(35)37-29(2,3)4/h18-19,21,27H,8-17,20H2,1-7H3,(H,33,35)/t21?,27-,31+/m0/s1. The summed E-state index contributed by atoms with van der Waals surface area (Å²) < 4.78 is 26.9. The Bertz CT molecular complexity index is 967. The van der Waals surface area contributed by atoms with Crippen LogP contribution in [0.4, 0.5) is 9.18 Å². The van der Waals surface area contributed by atoms with Crippen LogP contribution in [0.1, 0.15) is 124 Å². The molecule has 3 atom stereocenters. The molecule has 1 aromatic carbocycles. The molecule has 2 aliphatic rings. The summed E-state index contributed by atoms with van der Waals surface area (Å²) in [5.74, 6) is -0.281. The van der Waals surface area contributed by atoms with Crippen molar-refractivity contribution in [3.05, 3.63) is 29.1 Å². The molecule has 1 N–H and O–H groups in total. The smallest absolute Gasteiger partial charge is 0.407 e. The minimum atomic E-state index is -0.600. The number of unbranched alkanes of at least 4 members (excludes halogenated alkanes) is 2. The highest BCUT2D eigenvalue weighted by Crippen LogP contribution is 2.48. The summed E-state index contributed by atoms with van der Waals surface area (Å²) in [6.45, 7) is 14.0. The number of carbonyl (C=O) groups is 2. The molecule has 0 aromatic heterocycles. The number of rotatable bonds is 8. The van der Waals surface area contributed by atoms with Gasteiger partial charge < -0.3 is 14.8 Å². The Kier molecular flexibility index (Phi) is 9.34. The van der Waals surface area contributed by atoms with Gasteiger partial charge in [0, 0.05) is 17.5 Å². The van der Waals surface area contributed by atoms with E-state index in [0.717, 1.165) is 63.4 Å². The van der Waals surface area contributed by atoms with E-state index in [0.29, 0.717) is 12.0 Å². The van der Waals surface area contributed by atoms with Gasteiger partial charge in [0.05, 0.1) is 6.42 Å². The van der Waals surface area contributed by atoms with E-state index < -0.39 is 17.1 Å². The Labute approximate surface area is 223 Å². The first-order chi connectivity index (χ1) is 17.2. The molecule has 6 heteroatoms. The molecule has 0 aliphatic heterocycles. The second-order valence-corrected chi connectivity index (χ2v) is 13.3. The Morgan fingerprint density at radius 1 is 1.11 bits per heavy atom. The molecule has 1 fully saturated rings. The molecule has 2 aliphatic carbocycles. The molecule has 37 heavy (non-hydrogen) atoms. The number of alkyl carbamates (subject to hydrolysis) is 1. The lowest BCUT2D eigenvalue weighted by Gasteiger charge is -2.49. The third kappa shape index (κ3) is 7.70. The van der Waals surface area contributed by atoms with Crippen molar-refractivity contribution in [2.24, 2.45) is 11.3 Å². The number of benzene rings is 1. The molecule has 0 saturated heterocycles. The third-order valence-electron chi connectivity index (χ3n) is 8.16. The maximum Gasteiger partial charge on any atom is 0.407 e. The van der Waals surface area contributed by atoms with Crippen LogP contribution in [0.5, 0.6) is 5.75 Å². The maximum atomic E-state index is 15.5. The molecule has 1 saturated carbocycles. The third-order valence-corrected chi connectivity index (χ3v) is 8.16. The summed E-state index contributed by atoms with van der Waals surface area (Å²) in [5, 5.41) is 3.17. The molecule has 0 radical (unpaired) electrons. The first kappa shape index (κ1) is 29.4. The van der Waals surface area contributed by atoms with E-state index in [1.165, 1.54) is 6.07 Å². The number of ether oxygens (including phenoxy) is 2. The van der Waals surface area contributed by atoms with Crippen molar-refractivity contribution in [1.82, 2.24) is 5.32 Å². The van der Waals surface area contributed by atoms with Crippen molar-refractivity contribution in [2.45, 2.75) is 136 Å². The zero-order chi connectivity index (χ0) is 27.4. The van der Waals surface area contributed by atoms with Crippen molar-refractivity contribution >= 4 is 12.1 Å². The van der Waals surface area contributed by atoms with Gasteiger partial charge in [0.1, 0.15) is 17.2 Å². The molecule has 3 rings (SSSR count). The number of nitrogens with one attached hydrogen (secondary N) is 1. The topological polar surface area (TPSA) is 64.6 Å². The zero-order valence-corrected chi connectivity index (χ0v) is 24.1. The lowest BCUT2D eigenvalue weighted by Crippen LogP contribution is -2.57. The molecule has 1 amide bonds. The molecule has 1 unspecified atom stereocenters. The van der Waals surface area contributed by atoms with Crippen molar-refractivity contribution < 1.29 is 23.5 Å². The quantitative estimate of drug-likeness (QED) is 0.215. The van der Waals surface area contributed by atoms with Crippen LogP contribution in [0.25, 0.3) is 0 Å². The summed E-state index contributed by atoms with van der Waals surface area (Å²) in [6, 6.07) is 3.03. The van der Waals surface area contributed by atoms with Crippen LogP contribution in [0.15, 0.2) is 12.1 Å². The van der Waals surface area contributed by atoms with Gasteiger partial charge in [0.25, 0.3) is 0 Å². The number of hydrogen-bond donors (Lipinski definition) is 1. The Morgan fingerprint density at radius 3 is 2.51 bits per heavy atom. The molecular formula is C31H48FNO4. The van der Waals surface area contributed by atoms with Crippen molar-refractivity contribution in [1.29, 1.82) is 0 Å². The lowest BCUT2D eigenvalue weighted by molar-refractivity contribution is -0.136. The van der Waals surface area contributed by atoms with Crippen molar-refractivity contribution in [2.75, 3.05) is 0 Å². The van der Waals surface area contributed by atoms with Gasteiger partial charge in [-0.25, -0.2) is 9.18 Å². The van der Waals surface area contributed by atoms with E-state index in [1.807, 2.05) is 26.8 Å². The van der Waals surface area contributed by atoms with Gasteiger partial charge in [-0.05, 0) is 75.0 Å². The number of fused-ring (bicyclic) bond motifs is 4. The highest BCUT2D eigenvalue weighted by atomic mass is 19.1. The monoisotopic (exact) mass is 517 g/mol.